The lowest BCUT2D eigenvalue weighted by Crippen LogP contribution is -2.34. The smallest absolute Gasteiger partial charge is 0.239 e. The van der Waals surface area contributed by atoms with E-state index in [0.717, 1.165) is 6.42 Å². The summed E-state index contributed by atoms with van der Waals surface area (Å²) in [5.74, 6) is -0.205. The van der Waals surface area contributed by atoms with Crippen molar-refractivity contribution >= 4 is 5.91 Å². The fraction of sp³-hybridized carbons (Fsp3) is 0.462. The summed E-state index contributed by atoms with van der Waals surface area (Å²) in [5.41, 5.74) is 6.03. The van der Waals surface area contributed by atoms with Crippen LogP contribution in [0.4, 0.5) is 4.39 Å². The number of benzene rings is 1. The molecule has 3 N–H and O–H groups in total. The SMILES string of the molecule is CC(C)CCNC(C(N)=O)c1ccc(F)cc1. The minimum absolute atomic E-state index is 0.320. The Balaban J connectivity index is 2.66. The van der Waals surface area contributed by atoms with E-state index in [1.165, 1.54) is 12.1 Å². The molecule has 0 aliphatic rings. The summed E-state index contributed by atoms with van der Waals surface area (Å²) in [6, 6.07) is 5.26. The van der Waals surface area contributed by atoms with E-state index in [1.807, 2.05) is 0 Å². The molecule has 0 aliphatic heterocycles. The van der Waals surface area contributed by atoms with Gasteiger partial charge in [-0.2, -0.15) is 0 Å². The summed E-state index contributed by atoms with van der Waals surface area (Å²) in [6.07, 6.45) is 0.963. The molecule has 94 valence electrons. The Labute approximate surface area is 101 Å². The molecule has 1 atom stereocenters. The third kappa shape index (κ3) is 4.53. The van der Waals surface area contributed by atoms with Crippen molar-refractivity contribution in [3.05, 3.63) is 35.6 Å². The summed E-state index contributed by atoms with van der Waals surface area (Å²) in [7, 11) is 0. The van der Waals surface area contributed by atoms with Crippen LogP contribution in [0.15, 0.2) is 24.3 Å². The van der Waals surface area contributed by atoms with Gasteiger partial charge >= 0.3 is 0 Å². The average molecular weight is 238 g/mol. The first-order chi connectivity index (χ1) is 8.00. The second-order valence-corrected chi connectivity index (χ2v) is 4.52. The number of halogens is 1. The van der Waals surface area contributed by atoms with Crippen molar-refractivity contribution in [3.8, 4) is 0 Å². The Kier molecular flexibility index (Phi) is 5.10. The summed E-state index contributed by atoms with van der Waals surface area (Å²) in [4.78, 5) is 11.3. The number of nitrogens with two attached hydrogens (primary N) is 1. The van der Waals surface area contributed by atoms with Crippen molar-refractivity contribution in [1.29, 1.82) is 0 Å². The molecule has 1 rings (SSSR count). The molecule has 0 saturated heterocycles. The Morgan fingerprint density at radius 3 is 2.41 bits per heavy atom. The van der Waals surface area contributed by atoms with Crippen LogP contribution in [0.5, 0.6) is 0 Å². The molecule has 3 nitrogen and oxygen atoms in total. The molecule has 4 heteroatoms. The number of amides is 1. The largest absolute Gasteiger partial charge is 0.368 e. The lowest BCUT2D eigenvalue weighted by molar-refractivity contribution is -0.120. The molecule has 0 fully saturated rings. The number of rotatable bonds is 6. The Hall–Kier alpha value is -1.42. The summed E-state index contributed by atoms with van der Waals surface area (Å²) >= 11 is 0. The molecular weight excluding hydrogens is 219 g/mol. The van der Waals surface area contributed by atoms with Gasteiger partial charge in [0.25, 0.3) is 0 Å². The van der Waals surface area contributed by atoms with Crippen molar-refractivity contribution in [2.75, 3.05) is 6.54 Å². The number of carbonyl (C=O) groups is 1. The highest BCUT2D eigenvalue weighted by Crippen LogP contribution is 2.13. The van der Waals surface area contributed by atoms with Gasteiger partial charge in [0.2, 0.25) is 5.91 Å². The highest BCUT2D eigenvalue weighted by molar-refractivity contribution is 5.81. The first kappa shape index (κ1) is 13.6. The zero-order valence-corrected chi connectivity index (χ0v) is 10.2. The molecule has 0 radical (unpaired) electrons. The van der Waals surface area contributed by atoms with Crippen molar-refractivity contribution in [3.63, 3.8) is 0 Å². The third-order valence-electron chi connectivity index (χ3n) is 2.56. The fourth-order valence-corrected chi connectivity index (χ4v) is 1.55. The first-order valence-electron chi connectivity index (χ1n) is 5.79. The number of primary amides is 1. The third-order valence-corrected chi connectivity index (χ3v) is 2.56. The maximum absolute atomic E-state index is 12.8. The van der Waals surface area contributed by atoms with Gasteiger partial charge in [0.15, 0.2) is 0 Å². The molecule has 0 aromatic heterocycles. The molecule has 0 spiro atoms. The highest BCUT2D eigenvalue weighted by atomic mass is 19.1. The van der Waals surface area contributed by atoms with E-state index in [4.69, 9.17) is 5.73 Å². The topological polar surface area (TPSA) is 55.1 Å². The van der Waals surface area contributed by atoms with Gasteiger partial charge in [-0.15, -0.1) is 0 Å². The van der Waals surface area contributed by atoms with Gasteiger partial charge in [-0.25, -0.2) is 4.39 Å². The van der Waals surface area contributed by atoms with E-state index in [9.17, 15) is 9.18 Å². The van der Waals surface area contributed by atoms with Crippen LogP contribution in [0.3, 0.4) is 0 Å². The number of nitrogens with one attached hydrogen (secondary N) is 1. The Bertz CT molecular complexity index is 362. The summed E-state index contributed by atoms with van der Waals surface area (Å²) in [6.45, 7) is 4.93. The molecule has 1 aromatic rings. The predicted molar refractivity (Wildman–Crippen MR) is 65.8 cm³/mol. The molecule has 0 bridgehead atoms. The zero-order valence-electron chi connectivity index (χ0n) is 10.2. The molecule has 17 heavy (non-hydrogen) atoms. The summed E-state index contributed by atoms with van der Waals surface area (Å²) in [5, 5.41) is 3.09. The van der Waals surface area contributed by atoms with E-state index < -0.39 is 11.9 Å². The van der Waals surface area contributed by atoms with Gasteiger partial charge in [-0.05, 0) is 36.6 Å². The predicted octanol–water partition coefficient (Wildman–Crippen LogP) is 1.99. The van der Waals surface area contributed by atoms with Crippen molar-refractivity contribution in [1.82, 2.24) is 5.32 Å². The Morgan fingerprint density at radius 1 is 1.35 bits per heavy atom. The first-order valence-corrected chi connectivity index (χ1v) is 5.79. The van der Waals surface area contributed by atoms with Crippen LogP contribution in [0.2, 0.25) is 0 Å². The van der Waals surface area contributed by atoms with Gasteiger partial charge < -0.3 is 11.1 Å². The second-order valence-electron chi connectivity index (χ2n) is 4.52. The maximum Gasteiger partial charge on any atom is 0.239 e. The lowest BCUT2D eigenvalue weighted by atomic mass is 10.1. The van der Waals surface area contributed by atoms with E-state index in [1.54, 1.807) is 12.1 Å². The van der Waals surface area contributed by atoms with Gasteiger partial charge in [0.1, 0.15) is 11.9 Å². The second kappa shape index (κ2) is 6.35. The number of hydrogen-bond donors (Lipinski definition) is 2. The van der Waals surface area contributed by atoms with Crippen LogP contribution in [0.25, 0.3) is 0 Å². The van der Waals surface area contributed by atoms with Gasteiger partial charge in [-0.1, -0.05) is 26.0 Å². The van der Waals surface area contributed by atoms with Crippen molar-refractivity contribution in [2.45, 2.75) is 26.3 Å². The van der Waals surface area contributed by atoms with Crippen LogP contribution in [0.1, 0.15) is 31.9 Å². The summed E-state index contributed by atoms with van der Waals surface area (Å²) < 4.78 is 12.8. The molecule has 0 heterocycles. The van der Waals surface area contributed by atoms with Crippen LogP contribution in [-0.2, 0) is 4.79 Å². The van der Waals surface area contributed by atoms with Crippen LogP contribution < -0.4 is 11.1 Å². The zero-order chi connectivity index (χ0) is 12.8. The lowest BCUT2D eigenvalue weighted by Gasteiger charge is -2.16. The molecular formula is C13H19FN2O. The molecule has 1 amide bonds. The standard InChI is InChI=1S/C13H19FN2O/c1-9(2)7-8-16-12(13(15)17)10-3-5-11(14)6-4-10/h3-6,9,12,16H,7-8H2,1-2H3,(H2,15,17). The van der Waals surface area contributed by atoms with Crippen LogP contribution in [-0.4, -0.2) is 12.5 Å². The van der Waals surface area contributed by atoms with Crippen molar-refractivity contribution < 1.29 is 9.18 Å². The Morgan fingerprint density at radius 2 is 1.94 bits per heavy atom. The van der Waals surface area contributed by atoms with Crippen LogP contribution in [0, 0.1) is 11.7 Å². The minimum atomic E-state index is -0.547. The molecule has 1 unspecified atom stereocenters. The van der Waals surface area contributed by atoms with Gasteiger partial charge in [0.05, 0.1) is 0 Å². The van der Waals surface area contributed by atoms with Crippen LogP contribution >= 0.6 is 0 Å². The normalized spacial score (nSPS) is 12.7. The van der Waals surface area contributed by atoms with E-state index in [0.29, 0.717) is 18.0 Å². The minimum Gasteiger partial charge on any atom is -0.368 e. The average Bonchev–Trinajstić information content (AvgIpc) is 2.25. The highest BCUT2D eigenvalue weighted by Gasteiger charge is 2.16. The van der Waals surface area contributed by atoms with Gasteiger partial charge in [-0.3, -0.25) is 4.79 Å². The van der Waals surface area contributed by atoms with Crippen molar-refractivity contribution in [2.24, 2.45) is 11.7 Å². The molecule has 1 aromatic carbocycles. The quantitative estimate of drug-likeness (QED) is 0.796. The molecule has 0 aliphatic carbocycles. The molecule has 0 saturated carbocycles. The van der Waals surface area contributed by atoms with E-state index >= 15 is 0 Å². The maximum atomic E-state index is 12.8. The van der Waals surface area contributed by atoms with E-state index in [-0.39, 0.29) is 5.82 Å². The fourth-order valence-electron chi connectivity index (χ4n) is 1.55. The van der Waals surface area contributed by atoms with E-state index in [2.05, 4.69) is 19.2 Å². The number of hydrogen-bond acceptors (Lipinski definition) is 2. The van der Waals surface area contributed by atoms with Gasteiger partial charge in [0, 0.05) is 0 Å². The monoisotopic (exact) mass is 238 g/mol. The number of carbonyl (C=O) groups excluding carboxylic acids is 1.